The summed E-state index contributed by atoms with van der Waals surface area (Å²) >= 11 is 1.29. The van der Waals surface area contributed by atoms with Gasteiger partial charge in [-0.15, -0.1) is 11.3 Å². The molecule has 1 aromatic heterocycles. The Labute approximate surface area is 110 Å². The van der Waals surface area contributed by atoms with E-state index in [1.165, 1.54) is 11.3 Å². The van der Waals surface area contributed by atoms with Gasteiger partial charge in [0, 0.05) is 18.5 Å². The van der Waals surface area contributed by atoms with Crippen molar-refractivity contribution >= 4 is 17.3 Å². The third-order valence-electron chi connectivity index (χ3n) is 2.56. The van der Waals surface area contributed by atoms with Crippen LogP contribution in [0.25, 0.3) is 0 Å². The van der Waals surface area contributed by atoms with E-state index in [1.807, 2.05) is 6.92 Å². The molecule has 18 heavy (non-hydrogen) atoms. The minimum absolute atomic E-state index is 0.336. The minimum Gasteiger partial charge on any atom is -0.477 e. The van der Waals surface area contributed by atoms with Gasteiger partial charge in [0.15, 0.2) is 0 Å². The van der Waals surface area contributed by atoms with E-state index in [4.69, 9.17) is 9.84 Å². The van der Waals surface area contributed by atoms with Crippen LogP contribution in [-0.4, -0.2) is 42.5 Å². The second-order valence-corrected chi connectivity index (χ2v) is 5.33. The fourth-order valence-corrected chi connectivity index (χ4v) is 2.45. The molecule has 0 saturated carbocycles. The molecule has 3 N–H and O–H groups in total. The number of carbonyl (C=O) groups is 1. The average molecular weight is 273 g/mol. The van der Waals surface area contributed by atoms with E-state index in [9.17, 15) is 9.90 Å². The molecule has 0 amide bonds. The number of aliphatic hydroxyl groups is 1. The van der Waals surface area contributed by atoms with Gasteiger partial charge in [-0.1, -0.05) is 0 Å². The van der Waals surface area contributed by atoms with Crippen LogP contribution in [0.15, 0.2) is 6.07 Å². The van der Waals surface area contributed by atoms with E-state index in [0.29, 0.717) is 31.0 Å². The van der Waals surface area contributed by atoms with Gasteiger partial charge in [-0.05, 0) is 31.5 Å². The zero-order chi connectivity index (χ0) is 13.5. The normalized spacial score (nSPS) is 12.6. The van der Waals surface area contributed by atoms with Gasteiger partial charge in [0.05, 0.1) is 12.7 Å². The van der Waals surface area contributed by atoms with Crippen molar-refractivity contribution in [3.05, 3.63) is 21.4 Å². The lowest BCUT2D eigenvalue weighted by Crippen LogP contribution is -2.23. The first-order valence-electron chi connectivity index (χ1n) is 5.75. The molecule has 0 bridgehead atoms. The predicted octanol–water partition coefficient (Wildman–Crippen LogP) is 1.24. The molecule has 1 heterocycles. The van der Waals surface area contributed by atoms with Crippen molar-refractivity contribution in [2.24, 2.45) is 0 Å². The van der Waals surface area contributed by atoms with E-state index in [1.54, 1.807) is 13.2 Å². The van der Waals surface area contributed by atoms with E-state index in [0.717, 1.165) is 10.4 Å². The second-order valence-electron chi connectivity index (χ2n) is 4.07. The zero-order valence-corrected chi connectivity index (χ0v) is 11.4. The number of aryl methyl sites for hydroxylation is 1. The molecule has 0 radical (unpaired) electrons. The largest absolute Gasteiger partial charge is 0.477 e. The first-order chi connectivity index (χ1) is 8.54. The number of thiophene rings is 1. The zero-order valence-electron chi connectivity index (χ0n) is 10.6. The Balaban J connectivity index is 2.33. The lowest BCUT2D eigenvalue weighted by atomic mass is 10.2. The molecule has 1 unspecified atom stereocenters. The molecule has 1 rings (SSSR count). The van der Waals surface area contributed by atoms with Gasteiger partial charge in [-0.3, -0.25) is 0 Å². The molecule has 1 aromatic rings. The molecule has 6 heteroatoms. The van der Waals surface area contributed by atoms with Gasteiger partial charge in [0.2, 0.25) is 0 Å². The Hall–Kier alpha value is -0.950. The van der Waals surface area contributed by atoms with Crippen LogP contribution in [0.4, 0.5) is 0 Å². The number of aromatic carboxylic acids is 1. The van der Waals surface area contributed by atoms with Crippen molar-refractivity contribution in [2.75, 3.05) is 20.3 Å². The minimum atomic E-state index is -0.884. The number of methoxy groups -OCH3 is 1. The fraction of sp³-hybridized carbons (Fsp3) is 0.583. The Morgan fingerprint density at radius 1 is 1.61 bits per heavy atom. The van der Waals surface area contributed by atoms with Crippen molar-refractivity contribution in [1.29, 1.82) is 0 Å². The van der Waals surface area contributed by atoms with E-state index >= 15 is 0 Å². The molecule has 0 aliphatic carbocycles. The van der Waals surface area contributed by atoms with Crippen LogP contribution in [0.5, 0.6) is 0 Å². The molecular weight excluding hydrogens is 254 g/mol. The quantitative estimate of drug-likeness (QED) is 0.621. The number of carboxylic acid groups (broad SMARTS) is 1. The number of carboxylic acids is 1. The average Bonchev–Trinajstić information content (AvgIpc) is 2.67. The Morgan fingerprint density at radius 3 is 2.89 bits per heavy atom. The van der Waals surface area contributed by atoms with Crippen LogP contribution in [-0.2, 0) is 11.3 Å². The first kappa shape index (κ1) is 15.1. The summed E-state index contributed by atoms with van der Waals surface area (Å²) in [6.45, 7) is 3.54. The number of nitrogens with one attached hydrogen (secondary N) is 1. The first-order valence-corrected chi connectivity index (χ1v) is 6.56. The van der Waals surface area contributed by atoms with Gasteiger partial charge in [0.1, 0.15) is 4.88 Å². The standard InChI is InChI=1S/C12H19NO4S/c1-8-9(5-11(18-8)12(15)16)6-13-4-3-10(14)7-17-2/h5,10,13-14H,3-4,6-7H2,1-2H3,(H,15,16). The van der Waals surface area contributed by atoms with Crippen LogP contribution in [0.3, 0.4) is 0 Å². The molecule has 0 aliphatic rings. The summed E-state index contributed by atoms with van der Waals surface area (Å²) < 4.78 is 4.83. The van der Waals surface area contributed by atoms with E-state index in [2.05, 4.69) is 5.32 Å². The molecule has 0 aliphatic heterocycles. The third-order valence-corrected chi connectivity index (χ3v) is 3.64. The highest BCUT2D eigenvalue weighted by atomic mass is 32.1. The number of hydrogen-bond acceptors (Lipinski definition) is 5. The molecule has 0 saturated heterocycles. The predicted molar refractivity (Wildman–Crippen MR) is 70.2 cm³/mol. The molecule has 1 atom stereocenters. The summed E-state index contributed by atoms with van der Waals surface area (Å²) in [6.07, 6.45) is 0.156. The highest BCUT2D eigenvalue weighted by Gasteiger charge is 2.10. The summed E-state index contributed by atoms with van der Waals surface area (Å²) in [6, 6.07) is 1.70. The van der Waals surface area contributed by atoms with Crippen molar-refractivity contribution in [3.63, 3.8) is 0 Å². The van der Waals surface area contributed by atoms with Crippen LogP contribution < -0.4 is 5.32 Å². The van der Waals surface area contributed by atoms with Gasteiger partial charge >= 0.3 is 5.97 Å². The highest BCUT2D eigenvalue weighted by Crippen LogP contribution is 2.21. The number of rotatable bonds is 8. The van der Waals surface area contributed by atoms with Gasteiger partial charge in [-0.2, -0.15) is 0 Å². The fourth-order valence-electron chi connectivity index (χ4n) is 1.57. The molecule has 0 aromatic carbocycles. The summed E-state index contributed by atoms with van der Waals surface area (Å²) in [5, 5.41) is 21.5. The maximum absolute atomic E-state index is 10.8. The lowest BCUT2D eigenvalue weighted by molar-refractivity contribution is 0.0594. The van der Waals surface area contributed by atoms with E-state index < -0.39 is 12.1 Å². The monoisotopic (exact) mass is 273 g/mol. The maximum Gasteiger partial charge on any atom is 0.345 e. The van der Waals surface area contributed by atoms with Crippen LogP contribution in [0.1, 0.15) is 26.5 Å². The molecular formula is C12H19NO4S. The second kappa shape index (κ2) is 7.48. The topological polar surface area (TPSA) is 78.8 Å². The van der Waals surface area contributed by atoms with Gasteiger partial charge < -0.3 is 20.3 Å². The summed E-state index contributed by atoms with van der Waals surface area (Å²) in [4.78, 5) is 12.2. The lowest BCUT2D eigenvalue weighted by Gasteiger charge is -2.09. The molecule has 102 valence electrons. The number of aliphatic hydroxyl groups excluding tert-OH is 1. The summed E-state index contributed by atoms with van der Waals surface area (Å²) in [7, 11) is 1.55. The Morgan fingerprint density at radius 2 is 2.33 bits per heavy atom. The summed E-state index contributed by atoms with van der Waals surface area (Å²) in [5.41, 5.74) is 0.999. The van der Waals surface area contributed by atoms with Gasteiger partial charge in [0.25, 0.3) is 0 Å². The van der Waals surface area contributed by atoms with Crippen molar-refractivity contribution in [3.8, 4) is 0 Å². The van der Waals surface area contributed by atoms with Crippen molar-refractivity contribution in [2.45, 2.75) is 26.0 Å². The molecule has 5 nitrogen and oxygen atoms in total. The van der Waals surface area contributed by atoms with Gasteiger partial charge in [-0.25, -0.2) is 4.79 Å². The van der Waals surface area contributed by atoms with E-state index in [-0.39, 0.29) is 0 Å². The van der Waals surface area contributed by atoms with Crippen molar-refractivity contribution < 1.29 is 19.7 Å². The van der Waals surface area contributed by atoms with Crippen molar-refractivity contribution in [1.82, 2.24) is 5.32 Å². The SMILES string of the molecule is COCC(O)CCNCc1cc(C(=O)O)sc1C. The maximum atomic E-state index is 10.8. The van der Waals surface area contributed by atoms with Crippen LogP contribution >= 0.6 is 11.3 Å². The number of ether oxygens (including phenoxy) is 1. The molecule has 0 spiro atoms. The van der Waals surface area contributed by atoms with Crippen LogP contribution in [0.2, 0.25) is 0 Å². The third kappa shape index (κ3) is 4.73. The highest BCUT2D eigenvalue weighted by molar-refractivity contribution is 7.14. The smallest absolute Gasteiger partial charge is 0.345 e. The van der Waals surface area contributed by atoms with Crippen LogP contribution in [0, 0.1) is 6.92 Å². The Kier molecular flexibility index (Phi) is 6.28. The summed E-state index contributed by atoms with van der Waals surface area (Å²) in [5.74, 6) is -0.884. The molecule has 0 fully saturated rings. The number of hydrogen-bond donors (Lipinski definition) is 3. The Bertz CT molecular complexity index is 391.